The molecule has 1 aliphatic heterocycles. The molecule has 1 aliphatic rings. The number of pyridine rings is 1. The van der Waals surface area contributed by atoms with Crippen LogP contribution in [0.15, 0.2) is 28.9 Å². The Labute approximate surface area is 178 Å². The summed E-state index contributed by atoms with van der Waals surface area (Å²) in [5.41, 5.74) is 1.12. The summed E-state index contributed by atoms with van der Waals surface area (Å²) in [7, 11) is 0. The normalized spacial score (nSPS) is 17.0. The van der Waals surface area contributed by atoms with Crippen molar-refractivity contribution in [3.05, 3.63) is 57.6 Å². The summed E-state index contributed by atoms with van der Waals surface area (Å²) in [4.78, 5) is 16.9. The summed E-state index contributed by atoms with van der Waals surface area (Å²) in [5, 5.41) is 9.25. The zero-order valence-electron chi connectivity index (χ0n) is 15.8. The highest BCUT2D eigenvalue weighted by Crippen LogP contribution is 2.34. The molecule has 1 atom stereocenters. The highest BCUT2D eigenvalue weighted by molar-refractivity contribution is 9.10. The Hall–Kier alpha value is -2.59. The van der Waals surface area contributed by atoms with Gasteiger partial charge in [0.15, 0.2) is 11.6 Å². The minimum absolute atomic E-state index is 0.0435. The van der Waals surface area contributed by atoms with Crippen LogP contribution in [0.2, 0.25) is 0 Å². The van der Waals surface area contributed by atoms with Crippen molar-refractivity contribution in [1.82, 2.24) is 14.3 Å². The molecule has 10 heteroatoms. The van der Waals surface area contributed by atoms with Gasteiger partial charge in [0.2, 0.25) is 0 Å². The maximum absolute atomic E-state index is 14.7. The first-order chi connectivity index (χ1) is 14.3. The molecule has 0 saturated carbocycles. The van der Waals surface area contributed by atoms with Gasteiger partial charge < -0.3 is 19.1 Å². The van der Waals surface area contributed by atoms with Gasteiger partial charge in [-0.3, -0.25) is 0 Å². The number of benzene rings is 1. The number of aryl methyl sites for hydroxylation is 1. The molecule has 6 nitrogen and oxygen atoms in total. The van der Waals surface area contributed by atoms with Gasteiger partial charge in [0.05, 0.1) is 40.7 Å². The Kier molecular flexibility index (Phi) is 5.46. The fourth-order valence-corrected chi connectivity index (χ4v) is 3.98. The van der Waals surface area contributed by atoms with Crippen LogP contribution in [0.5, 0.6) is 0 Å². The number of imidazole rings is 1. The summed E-state index contributed by atoms with van der Waals surface area (Å²) in [5.74, 6) is -3.52. The number of rotatable bonds is 3. The molecule has 0 unspecified atom stereocenters. The van der Waals surface area contributed by atoms with E-state index in [0.717, 1.165) is 11.6 Å². The third-order valence-electron chi connectivity index (χ3n) is 5.06. The van der Waals surface area contributed by atoms with E-state index in [1.54, 1.807) is 16.7 Å². The van der Waals surface area contributed by atoms with E-state index < -0.39 is 35.2 Å². The average Bonchev–Trinajstić information content (AvgIpc) is 3.03. The number of morpholine rings is 1. The van der Waals surface area contributed by atoms with E-state index in [1.165, 1.54) is 4.90 Å². The maximum atomic E-state index is 14.7. The number of ether oxygens (including phenoxy) is 1. The van der Waals surface area contributed by atoms with Crippen molar-refractivity contribution in [3.8, 4) is 11.3 Å². The lowest BCUT2D eigenvalue weighted by Crippen LogP contribution is -2.45. The fraction of sp³-hybridized carbons (Fsp3) is 0.300. The predicted octanol–water partition coefficient (Wildman–Crippen LogP) is 4.41. The molecule has 0 bridgehead atoms. The van der Waals surface area contributed by atoms with Gasteiger partial charge in [0, 0.05) is 19.2 Å². The third-order valence-corrected chi connectivity index (χ3v) is 5.64. The van der Waals surface area contributed by atoms with E-state index in [4.69, 9.17) is 4.74 Å². The van der Waals surface area contributed by atoms with Crippen LogP contribution >= 0.6 is 15.9 Å². The lowest BCUT2D eigenvalue weighted by atomic mass is 10.0. The highest BCUT2D eigenvalue weighted by atomic mass is 79.9. The fourth-order valence-electron chi connectivity index (χ4n) is 3.61. The van der Waals surface area contributed by atoms with E-state index in [2.05, 4.69) is 20.9 Å². The molecule has 158 valence electrons. The lowest BCUT2D eigenvalue weighted by Gasteiger charge is -2.31. The number of fused-ring (bicyclic) bond motifs is 1. The summed E-state index contributed by atoms with van der Waals surface area (Å²) in [6.45, 7) is 2.40. The molecule has 3 aromatic rings. The Bertz CT molecular complexity index is 1150. The Balaban J connectivity index is 1.85. The van der Waals surface area contributed by atoms with Gasteiger partial charge in [0.25, 0.3) is 0 Å². The van der Waals surface area contributed by atoms with Gasteiger partial charge in [-0.2, -0.15) is 0 Å². The van der Waals surface area contributed by atoms with Crippen molar-refractivity contribution in [3.63, 3.8) is 0 Å². The van der Waals surface area contributed by atoms with Crippen molar-refractivity contribution in [2.24, 2.45) is 0 Å². The quantitative estimate of drug-likeness (QED) is 0.442. The van der Waals surface area contributed by atoms with Crippen molar-refractivity contribution in [2.75, 3.05) is 19.7 Å². The van der Waals surface area contributed by atoms with Crippen molar-refractivity contribution in [2.45, 2.75) is 19.4 Å². The van der Waals surface area contributed by atoms with Crippen LogP contribution in [0.3, 0.4) is 0 Å². The molecule has 3 heterocycles. The molecule has 0 radical (unpaired) electrons. The molecule has 30 heavy (non-hydrogen) atoms. The molecule has 1 amide bonds. The van der Waals surface area contributed by atoms with E-state index in [0.29, 0.717) is 11.3 Å². The molecule has 4 rings (SSSR count). The molecule has 0 spiro atoms. The highest BCUT2D eigenvalue weighted by Gasteiger charge is 2.29. The first-order valence-corrected chi connectivity index (χ1v) is 9.96. The largest absolute Gasteiger partial charge is 0.465 e. The van der Waals surface area contributed by atoms with Crippen molar-refractivity contribution < 1.29 is 27.8 Å². The Morgan fingerprint density at radius 2 is 2.10 bits per heavy atom. The predicted molar refractivity (Wildman–Crippen MR) is 106 cm³/mol. The SMILES string of the molecule is Cc1ccn2c(C[C@H]3CN(C(=O)O)CCO3)c(-c3c(F)cc(Br)c(F)c3F)nc2c1. The van der Waals surface area contributed by atoms with Gasteiger partial charge in [-0.1, -0.05) is 0 Å². The van der Waals surface area contributed by atoms with Crippen LogP contribution in [0, 0.1) is 24.4 Å². The smallest absolute Gasteiger partial charge is 0.407 e. The number of aromatic nitrogens is 2. The first-order valence-electron chi connectivity index (χ1n) is 9.16. The van der Waals surface area contributed by atoms with E-state index in [9.17, 15) is 23.1 Å². The minimum atomic E-state index is -1.35. The number of carbonyl (C=O) groups is 1. The van der Waals surface area contributed by atoms with Crippen LogP contribution < -0.4 is 0 Å². The number of amides is 1. The van der Waals surface area contributed by atoms with Crippen LogP contribution in [0.1, 0.15) is 11.3 Å². The summed E-state index contributed by atoms with van der Waals surface area (Å²) in [6, 6.07) is 4.40. The monoisotopic (exact) mass is 483 g/mol. The molecule has 1 aromatic carbocycles. The molecule has 0 aliphatic carbocycles. The molecule has 1 fully saturated rings. The Morgan fingerprint density at radius 1 is 1.33 bits per heavy atom. The van der Waals surface area contributed by atoms with Crippen LogP contribution in [-0.2, 0) is 11.2 Å². The lowest BCUT2D eigenvalue weighted by molar-refractivity contribution is -0.0214. The second-order valence-electron chi connectivity index (χ2n) is 7.11. The molecule has 2 aromatic heterocycles. The second-order valence-corrected chi connectivity index (χ2v) is 7.96. The van der Waals surface area contributed by atoms with Gasteiger partial charge in [-0.05, 0) is 46.6 Å². The van der Waals surface area contributed by atoms with Crippen molar-refractivity contribution >= 4 is 27.7 Å². The van der Waals surface area contributed by atoms with E-state index >= 15 is 0 Å². The number of carboxylic acid groups (broad SMARTS) is 1. The standard InChI is InChI=1S/C20H17BrF3N3O3/c1-10-2-3-27-14(7-11-9-26(20(28)29)4-5-30-11)19(25-15(27)6-10)16-13(22)8-12(21)17(23)18(16)24/h2-3,6,8,11H,4-5,7,9H2,1H3,(H,28,29)/t11-/m0/s1. The van der Waals surface area contributed by atoms with Crippen LogP contribution in [0.25, 0.3) is 16.9 Å². The zero-order valence-corrected chi connectivity index (χ0v) is 17.4. The summed E-state index contributed by atoms with van der Waals surface area (Å²) in [6.07, 6.45) is 0.241. The van der Waals surface area contributed by atoms with Crippen molar-refractivity contribution in [1.29, 1.82) is 0 Å². The maximum Gasteiger partial charge on any atom is 0.407 e. The van der Waals surface area contributed by atoms with Gasteiger partial charge in [-0.15, -0.1) is 0 Å². The number of hydrogen-bond donors (Lipinski definition) is 1. The second kappa shape index (κ2) is 7.92. The molecule has 1 N–H and O–H groups in total. The Morgan fingerprint density at radius 3 is 2.83 bits per heavy atom. The van der Waals surface area contributed by atoms with Gasteiger partial charge in [-0.25, -0.2) is 22.9 Å². The summed E-state index contributed by atoms with van der Waals surface area (Å²) >= 11 is 2.80. The first kappa shape index (κ1) is 20.7. The number of nitrogens with zero attached hydrogens (tertiary/aromatic N) is 3. The van der Waals surface area contributed by atoms with E-state index in [-0.39, 0.29) is 36.3 Å². The van der Waals surface area contributed by atoms with Crippen LogP contribution in [-0.4, -0.2) is 51.3 Å². The summed E-state index contributed by atoms with van der Waals surface area (Å²) < 4.78 is 50.6. The number of halogens is 4. The number of hydrogen-bond acceptors (Lipinski definition) is 3. The molecular weight excluding hydrogens is 467 g/mol. The van der Waals surface area contributed by atoms with E-state index in [1.807, 2.05) is 13.0 Å². The zero-order chi connectivity index (χ0) is 21.6. The van der Waals surface area contributed by atoms with Gasteiger partial charge >= 0.3 is 6.09 Å². The molecule has 1 saturated heterocycles. The third kappa shape index (κ3) is 3.65. The average molecular weight is 484 g/mol. The van der Waals surface area contributed by atoms with Gasteiger partial charge in [0.1, 0.15) is 11.5 Å². The molecular formula is C20H17BrF3N3O3. The minimum Gasteiger partial charge on any atom is -0.465 e. The van der Waals surface area contributed by atoms with Crippen LogP contribution in [0.4, 0.5) is 18.0 Å². The topological polar surface area (TPSA) is 67.1 Å².